The van der Waals surface area contributed by atoms with Crippen molar-refractivity contribution in [3.63, 3.8) is 0 Å². The maximum Gasteiger partial charge on any atom is 0.205 e. The molecule has 2 unspecified atom stereocenters. The summed E-state index contributed by atoms with van der Waals surface area (Å²) in [6.45, 7) is 7.11. The molecule has 1 saturated carbocycles. The quantitative estimate of drug-likeness (QED) is 0.912. The van der Waals surface area contributed by atoms with Crippen molar-refractivity contribution in [3.05, 3.63) is 5.51 Å². The Morgan fingerprint density at radius 2 is 2.06 bits per heavy atom. The first-order chi connectivity index (χ1) is 8.74. The monoisotopic (exact) mass is 266 g/mol. The number of likely N-dealkylation sites (tertiary alicyclic amines) is 1. The van der Waals surface area contributed by atoms with Gasteiger partial charge >= 0.3 is 0 Å². The van der Waals surface area contributed by atoms with Crippen LogP contribution in [0.5, 0.6) is 0 Å². The van der Waals surface area contributed by atoms with Crippen LogP contribution in [0.3, 0.4) is 0 Å². The second-order valence-corrected chi connectivity index (χ2v) is 6.75. The molecule has 0 radical (unpaired) electrons. The Morgan fingerprint density at radius 1 is 1.33 bits per heavy atom. The molecular formula is C13H22N4S. The fourth-order valence-corrected chi connectivity index (χ4v) is 4.00. The van der Waals surface area contributed by atoms with E-state index in [9.17, 15) is 0 Å². The van der Waals surface area contributed by atoms with Crippen molar-refractivity contribution in [2.75, 3.05) is 18.4 Å². The summed E-state index contributed by atoms with van der Waals surface area (Å²) in [5.74, 6) is 1.56. The lowest BCUT2D eigenvalue weighted by atomic mass is 9.73. The van der Waals surface area contributed by atoms with Crippen LogP contribution in [-0.2, 0) is 0 Å². The van der Waals surface area contributed by atoms with Crippen LogP contribution in [-0.4, -0.2) is 40.3 Å². The van der Waals surface area contributed by atoms with Crippen molar-refractivity contribution in [2.45, 2.75) is 45.2 Å². The molecule has 2 heterocycles. The largest absolute Gasteiger partial charge is 0.357 e. The van der Waals surface area contributed by atoms with Crippen LogP contribution >= 0.6 is 11.3 Å². The van der Waals surface area contributed by atoms with Gasteiger partial charge in [0.15, 0.2) is 0 Å². The van der Waals surface area contributed by atoms with E-state index in [1.165, 1.54) is 32.4 Å². The van der Waals surface area contributed by atoms with Gasteiger partial charge in [-0.2, -0.15) is 0 Å². The standard InChI is InChI=1S/C13H22N4S/c1-9(2)17-6-10-4-3-5-11(7-17)12(10)15-13-16-14-8-18-13/h8-12H,3-7H2,1-2H3,(H,15,16). The Bertz CT molecular complexity index is 364. The van der Waals surface area contributed by atoms with Gasteiger partial charge in [0.05, 0.1) is 0 Å². The Labute approximate surface area is 113 Å². The van der Waals surface area contributed by atoms with Gasteiger partial charge in [-0.1, -0.05) is 17.8 Å². The summed E-state index contributed by atoms with van der Waals surface area (Å²) in [7, 11) is 0. The summed E-state index contributed by atoms with van der Waals surface area (Å²) in [5.41, 5.74) is 1.81. The van der Waals surface area contributed by atoms with Crippen LogP contribution < -0.4 is 5.32 Å². The molecule has 2 aliphatic rings. The van der Waals surface area contributed by atoms with Crippen LogP contribution in [0.1, 0.15) is 33.1 Å². The molecule has 1 aromatic heterocycles. The molecule has 1 aromatic rings. The molecule has 5 heteroatoms. The number of nitrogens with one attached hydrogen (secondary N) is 1. The molecule has 1 aliphatic heterocycles. The molecule has 0 spiro atoms. The lowest BCUT2D eigenvalue weighted by Crippen LogP contribution is -2.56. The Hall–Kier alpha value is -0.680. The number of fused-ring (bicyclic) bond motifs is 2. The summed E-state index contributed by atoms with van der Waals surface area (Å²) in [6.07, 6.45) is 4.11. The Balaban J connectivity index is 1.72. The minimum atomic E-state index is 0.613. The SMILES string of the molecule is CC(C)N1CC2CCCC(C1)C2Nc1nncs1. The Morgan fingerprint density at radius 3 is 2.61 bits per heavy atom. The number of nitrogens with zero attached hydrogens (tertiary/aromatic N) is 3. The highest BCUT2D eigenvalue weighted by Crippen LogP contribution is 2.37. The summed E-state index contributed by atoms with van der Waals surface area (Å²) in [6, 6.07) is 1.29. The number of anilines is 1. The molecule has 0 aromatic carbocycles. The highest BCUT2D eigenvalue weighted by atomic mass is 32.1. The molecule has 4 nitrogen and oxygen atoms in total. The maximum atomic E-state index is 4.14. The minimum absolute atomic E-state index is 0.613. The van der Waals surface area contributed by atoms with Crippen molar-refractivity contribution >= 4 is 16.5 Å². The van der Waals surface area contributed by atoms with E-state index in [1.807, 2.05) is 0 Å². The first kappa shape index (κ1) is 12.4. The summed E-state index contributed by atoms with van der Waals surface area (Å²) >= 11 is 1.62. The zero-order valence-corrected chi connectivity index (χ0v) is 12.0. The highest BCUT2D eigenvalue weighted by molar-refractivity contribution is 7.13. The van der Waals surface area contributed by atoms with E-state index in [0.717, 1.165) is 17.0 Å². The van der Waals surface area contributed by atoms with Gasteiger partial charge in [0, 0.05) is 25.2 Å². The van der Waals surface area contributed by atoms with E-state index < -0.39 is 0 Å². The normalized spacial score (nSPS) is 32.7. The second-order valence-electron chi connectivity index (χ2n) is 5.91. The highest BCUT2D eigenvalue weighted by Gasteiger charge is 2.40. The molecule has 2 fully saturated rings. The topological polar surface area (TPSA) is 41.0 Å². The Kier molecular flexibility index (Phi) is 3.52. The molecule has 1 aliphatic carbocycles. The van der Waals surface area contributed by atoms with Crippen molar-refractivity contribution < 1.29 is 0 Å². The molecule has 18 heavy (non-hydrogen) atoms. The van der Waals surface area contributed by atoms with E-state index in [1.54, 1.807) is 16.8 Å². The lowest BCUT2D eigenvalue weighted by Gasteiger charge is -2.48. The van der Waals surface area contributed by atoms with Gasteiger partial charge in [0.1, 0.15) is 5.51 Å². The van der Waals surface area contributed by atoms with E-state index >= 15 is 0 Å². The summed E-state index contributed by atoms with van der Waals surface area (Å²) < 4.78 is 0. The first-order valence-corrected chi connectivity index (χ1v) is 7.88. The molecule has 2 bridgehead atoms. The molecule has 1 saturated heterocycles. The van der Waals surface area contributed by atoms with Gasteiger partial charge in [0.25, 0.3) is 0 Å². The average Bonchev–Trinajstić information content (AvgIpc) is 2.81. The summed E-state index contributed by atoms with van der Waals surface area (Å²) in [5, 5.41) is 12.7. The maximum absolute atomic E-state index is 4.14. The van der Waals surface area contributed by atoms with Crippen LogP contribution in [0.4, 0.5) is 5.13 Å². The number of aromatic nitrogens is 2. The molecular weight excluding hydrogens is 244 g/mol. The zero-order chi connectivity index (χ0) is 12.5. The van der Waals surface area contributed by atoms with Crippen molar-refractivity contribution in [1.82, 2.24) is 15.1 Å². The van der Waals surface area contributed by atoms with Gasteiger partial charge < -0.3 is 10.2 Å². The van der Waals surface area contributed by atoms with Crippen molar-refractivity contribution in [2.24, 2.45) is 11.8 Å². The lowest BCUT2D eigenvalue weighted by molar-refractivity contribution is 0.0518. The number of hydrogen-bond donors (Lipinski definition) is 1. The third kappa shape index (κ3) is 2.38. The van der Waals surface area contributed by atoms with Gasteiger partial charge in [-0.15, -0.1) is 10.2 Å². The van der Waals surface area contributed by atoms with E-state index in [4.69, 9.17) is 0 Å². The van der Waals surface area contributed by atoms with Crippen LogP contribution in [0, 0.1) is 11.8 Å². The van der Waals surface area contributed by atoms with E-state index in [-0.39, 0.29) is 0 Å². The smallest absolute Gasteiger partial charge is 0.205 e. The number of piperidine rings is 1. The van der Waals surface area contributed by atoms with E-state index in [0.29, 0.717) is 12.1 Å². The molecule has 1 N–H and O–H groups in total. The van der Waals surface area contributed by atoms with Crippen molar-refractivity contribution in [1.29, 1.82) is 0 Å². The second kappa shape index (κ2) is 5.13. The molecule has 0 amide bonds. The van der Waals surface area contributed by atoms with Crippen molar-refractivity contribution in [3.8, 4) is 0 Å². The van der Waals surface area contributed by atoms with Gasteiger partial charge in [0.2, 0.25) is 5.13 Å². The summed E-state index contributed by atoms with van der Waals surface area (Å²) in [4.78, 5) is 2.65. The average molecular weight is 266 g/mol. The van der Waals surface area contributed by atoms with Gasteiger partial charge in [-0.25, -0.2) is 0 Å². The van der Waals surface area contributed by atoms with Gasteiger partial charge in [-0.3, -0.25) is 0 Å². The van der Waals surface area contributed by atoms with Crippen LogP contribution in [0.15, 0.2) is 5.51 Å². The number of hydrogen-bond acceptors (Lipinski definition) is 5. The van der Waals surface area contributed by atoms with Gasteiger partial charge in [-0.05, 0) is 38.5 Å². The molecule has 2 atom stereocenters. The molecule has 100 valence electrons. The predicted octanol–water partition coefficient (Wildman–Crippen LogP) is 2.46. The third-order valence-corrected chi connectivity index (χ3v) is 5.11. The minimum Gasteiger partial charge on any atom is -0.357 e. The third-order valence-electron chi connectivity index (χ3n) is 4.48. The number of rotatable bonds is 3. The predicted molar refractivity (Wildman–Crippen MR) is 74.9 cm³/mol. The van der Waals surface area contributed by atoms with Crippen LogP contribution in [0.25, 0.3) is 0 Å². The fraction of sp³-hybridized carbons (Fsp3) is 0.846. The van der Waals surface area contributed by atoms with E-state index in [2.05, 4.69) is 34.3 Å². The van der Waals surface area contributed by atoms with Crippen LogP contribution in [0.2, 0.25) is 0 Å². The fourth-order valence-electron chi connectivity index (χ4n) is 3.51. The molecule has 3 rings (SSSR count). The first-order valence-electron chi connectivity index (χ1n) is 7.01. The zero-order valence-electron chi connectivity index (χ0n) is 11.2.